The van der Waals surface area contributed by atoms with Gasteiger partial charge in [0.1, 0.15) is 0 Å². The van der Waals surface area contributed by atoms with Gasteiger partial charge in [-0.2, -0.15) is 0 Å². The van der Waals surface area contributed by atoms with E-state index in [1.54, 1.807) is 6.07 Å². The number of hydrogen-bond donors (Lipinski definition) is 1. The Balaban J connectivity index is 2.50. The number of nitro benzene ring substituents is 1. The summed E-state index contributed by atoms with van der Waals surface area (Å²) in [5.41, 5.74) is 3.47. The van der Waals surface area contributed by atoms with Crippen molar-refractivity contribution in [2.24, 2.45) is 0 Å². The van der Waals surface area contributed by atoms with E-state index in [0.29, 0.717) is 5.56 Å². The largest absolute Gasteiger partial charge is 0.392 e. The van der Waals surface area contributed by atoms with E-state index in [1.807, 2.05) is 31.2 Å². The van der Waals surface area contributed by atoms with Crippen LogP contribution in [-0.2, 0) is 6.61 Å². The Morgan fingerprint density at radius 1 is 1.17 bits per heavy atom. The maximum Gasteiger partial charge on any atom is 0.269 e. The molecule has 0 bridgehead atoms. The average molecular weight is 243 g/mol. The molecule has 0 unspecified atom stereocenters. The lowest BCUT2D eigenvalue weighted by molar-refractivity contribution is -0.384. The second-order valence-electron chi connectivity index (χ2n) is 4.12. The number of nitro groups is 1. The number of rotatable bonds is 3. The van der Waals surface area contributed by atoms with Crippen molar-refractivity contribution in [1.29, 1.82) is 0 Å². The SMILES string of the molecule is Cc1ccc(-c2ccc([N+](=O)[O-])cc2CO)cc1. The van der Waals surface area contributed by atoms with Gasteiger partial charge < -0.3 is 5.11 Å². The van der Waals surface area contributed by atoms with Crippen LogP contribution in [0, 0.1) is 17.0 Å². The minimum absolute atomic E-state index is 0.00471. The zero-order valence-electron chi connectivity index (χ0n) is 9.96. The first-order valence-corrected chi connectivity index (χ1v) is 5.57. The van der Waals surface area contributed by atoms with Gasteiger partial charge >= 0.3 is 0 Å². The predicted octanol–water partition coefficient (Wildman–Crippen LogP) is 3.06. The highest BCUT2D eigenvalue weighted by Crippen LogP contribution is 2.27. The van der Waals surface area contributed by atoms with Crippen LogP contribution in [0.2, 0.25) is 0 Å². The fraction of sp³-hybridized carbons (Fsp3) is 0.143. The molecule has 0 fully saturated rings. The molecule has 4 heteroatoms. The maximum atomic E-state index is 10.7. The Hall–Kier alpha value is -2.20. The van der Waals surface area contributed by atoms with Crippen molar-refractivity contribution in [1.82, 2.24) is 0 Å². The molecule has 92 valence electrons. The fourth-order valence-electron chi connectivity index (χ4n) is 1.84. The van der Waals surface area contributed by atoms with Crippen molar-refractivity contribution in [3.05, 3.63) is 63.7 Å². The minimum Gasteiger partial charge on any atom is -0.392 e. The van der Waals surface area contributed by atoms with Gasteiger partial charge in [0.25, 0.3) is 5.69 Å². The summed E-state index contributed by atoms with van der Waals surface area (Å²) in [6, 6.07) is 12.4. The second kappa shape index (κ2) is 4.98. The zero-order chi connectivity index (χ0) is 13.1. The number of aryl methyl sites for hydroxylation is 1. The van der Waals surface area contributed by atoms with Crippen molar-refractivity contribution in [3.8, 4) is 11.1 Å². The molecule has 0 saturated carbocycles. The Morgan fingerprint density at radius 2 is 1.83 bits per heavy atom. The Labute approximate surface area is 105 Å². The molecule has 4 nitrogen and oxygen atoms in total. The lowest BCUT2D eigenvalue weighted by Crippen LogP contribution is -1.94. The molecular formula is C14H13NO3. The van der Waals surface area contributed by atoms with Crippen molar-refractivity contribution >= 4 is 5.69 Å². The van der Waals surface area contributed by atoms with E-state index >= 15 is 0 Å². The van der Waals surface area contributed by atoms with Gasteiger partial charge in [0.15, 0.2) is 0 Å². The first-order chi connectivity index (χ1) is 8.61. The first kappa shape index (κ1) is 12.3. The summed E-state index contributed by atoms with van der Waals surface area (Å²) in [7, 11) is 0. The molecule has 2 aromatic carbocycles. The van der Waals surface area contributed by atoms with Gasteiger partial charge in [0.2, 0.25) is 0 Å². The third kappa shape index (κ3) is 2.38. The van der Waals surface area contributed by atoms with E-state index in [9.17, 15) is 15.2 Å². The average Bonchev–Trinajstić information content (AvgIpc) is 2.39. The molecule has 0 radical (unpaired) electrons. The molecule has 18 heavy (non-hydrogen) atoms. The third-order valence-electron chi connectivity index (χ3n) is 2.83. The van der Waals surface area contributed by atoms with Crippen LogP contribution in [-0.4, -0.2) is 10.0 Å². The first-order valence-electron chi connectivity index (χ1n) is 5.57. The van der Waals surface area contributed by atoms with Gasteiger partial charge in [0.05, 0.1) is 11.5 Å². The van der Waals surface area contributed by atoms with Crippen LogP contribution in [0.1, 0.15) is 11.1 Å². The van der Waals surface area contributed by atoms with Crippen LogP contribution in [0.5, 0.6) is 0 Å². The van der Waals surface area contributed by atoms with Gasteiger partial charge in [-0.3, -0.25) is 10.1 Å². The normalized spacial score (nSPS) is 10.3. The van der Waals surface area contributed by atoms with Crippen molar-refractivity contribution in [2.45, 2.75) is 13.5 Å². The summed E-state index contributed by atoms with van der Waals surface area (Å²) in [5.74, 6) is 0. The molecule has 2 rings (SSSR count). The van der Waals surface area contributed by atoms with Crippen LogP contribution < -0.4 is 0 Å². The summed E-state index contributed by atoms with van der Waals surface area (Å²) >= 11 is 0. The summed E-state index contributed by atoms with van der Waals surface area (Å²) in [5, 5.41) is 20.0. The van der Waals surface area contributed by atoms with E-state index in [4.69, 9.17) is 0 Å². The summed E-state index contributed by atoms with van der Waals surface area (Å²) in [6.07, 6.45) is 0. The molecule has 1 N–H and O–H groups in total. The Kier molecular flexibility index (Phi) is 3.39. The van der Waals surface area contributed by atoms with Gasteiger partial charge in [-0.05, 0) is 29.7 Å². The van der Waals surface area contributed by atoms with Crippen LogP contribution in [0.15, 0.2) is 42.5 Å². The van der Waals surface area contributed by atoms with Crippen LogP contribution in [0.25, 0.3) is 11.1 Å². The number of aliphatic hydroxyl groups excluding tert-OH is 1. The molecule has 0 aliphatic carbocycles. The van der Waals surface area contributed by atoms with Crippen molar-refractivity contribution < 1.29 is 10.0 Å². The predicted molar refractivity (Wildman–Crippen MR) is 69.2 cm³/mol. The third-order valence-corrected chi connectivity index (χ3v) is 2.83. The van der Waals surface area contributed by atoms with Gasteiger partial charge in [0, 0.05) is 12.1 Å². The smallest absolute Gasteiger partial charge is 0.269 e. The lowest BCUT2D eigenvalue weighted by atomic mass is 9.98. The van der Waals surface area contributed by atoms with Crippen LogP contribution in [0.3, 0.4) is 0 Å². The fourth-order valence-corrected chi connectivity index (χ4v) is 1.84. The van der Waals surface area contributed by atoms with E-state index in [1.165, 1.54) is 12.1 Å². The minimum atomic E-state index is -0.460. The van der Waals surface area contributed by atoms with E-state index in [0.717, 1.165) is 16.7 Å². The van der Waals surface area contributed by atoms with E-state index in [-0.39, 0.29) is 12.3 Å². The highest BCUT2D eigenvalue weighted by molar-refractivity contribution is 5.69. The molecule has 2 aromatic rings. The lowest BCUT2D eigenvalue weighted by Gasteiger charge is -2.07. The number of non-ortho nitro benzene ring substituents is 1. The van der Waals surface area contributed by atoms with Crippen LogP contribution >= 0.6 is 0 Å². The molecule has 0 aliphatic heterocycles. The number of nitrogens with zero attached hydrogens (tertiary/aromatic N) is 1. The summed E-state index contributed by atoms with van der Waals surface area (Å²) in [4.78, 5) is 10.2. The van der Waals surface area contributed by atoms with Gasteiger partial charge in [-0.15, -0.1) is 0 Å². The maximum absolute atomic E-state index is 10.7. The topological polar surface area (TPSA) is 63.4 Å². The zero-order valence-corrected chi connectivity index (χ0v) is 9.96. The van der Waals surface area contributed by atoms with E-state index in [2.05, 4.69) is 0 Å². The summed E-state index contributed by atoms with van der Waals surface area (Å²) < 4.78 is 0. The molecule has 0 atom stereocenters. The monoisotopic (exact) mass is 243 g/mol. The Bertz CT molecular complexity index is 576. The van der Waals surface area contributed by atoms with Crippen molar-refractivity contribution in [3.63, 3.8) is 0 Å². The molecular weight excluding hydrogens is 230 g/mol. The summed E-state index contributed by atoms with van der Waals surface area (Å²) in [6.45, 7) is 1.78. The molecule has 0 aromatic heterocycles. The molecule has 0 spiro atoms. The highest BCUT2D eigenvalue weighted by atomic mass is 16.6. The van der Waals surface area contributed by atoms with Crippen LogP contribution in [0.4, 0.5) is 5.69 Å². The van der Waals surface area contributed by atoms with Crippen molar-refractivity contribution in [2.75, 3.05) is 0 Å². The molecule has 0 amide bonds. The van der Waals surface area contributed by atoms with Gasteiger partial charge in [-0.1, -0.05) is 29.8 Å². The standard InChI is InChI=1S/C14H13NO3/c1-10-2-4-11(5-3-10)14-7-6-13(15(17)18)8-12(14)9-16/h2-8,16H,9H2,1H3. The highest BCUT2D eigenvalue weighted by Gasteiger charge is 2.11. The molecule has 0 saturated heterocycles. The quantitative estimate of drug-likeness (QED) is 0.665. The Morgan fingerprint density at radius 3 is 2.39 bits per heavy atom. The number of benzene rings is 2. The molecule has 0 heterocycles. The second-order valence-corrected chi connectivity index (χ2v) is 4.12. The van der Waals surface area contributed by atoms with E-state index < -0.39 is 4.92 Å². The number of hydrogen-bond acceptors (Lipinski definition) is 3. The number of aliphatic hydroxyl groups is 1. The van der Waals surface area contributed by atoms with Gasteiger partial charge in [-0.25, -0.2) is 0 Å². The molecule has 0 aliphatic rings.